The van der Waals surface area contributed by atoms with Crippen LogP contribution >= 0.6 is 12.2 Å². The first kappa shape index (κ1) is 26.4. The number of hydrogen-bond acceptors (Lipinski definition) is 3. The van der Waals surface area contributed by atoms with Crippen LogP contribution in [-0.4, -0.2) is 32.0 Å². The minimum atomic E-state index is -4.47. The average Bonchev–Trinajstić information content (AvgIpc) is 3.52. The fourth-order valence-corrected chi connectivity index (χ4v) is 5.17. The monoisotopic (exact) mass is 549 g/mol. The molecule has 2 aromatic heterocycles. The molecule has 1 fully saturated rings. The van der Waals surface area contributed by atoms with Crippen LogP contribution in [-0.2, 0) is 11.0 Å². The second-order valence-corrected chi connectivity index (χ2v) is 9.73. The number of rotatable bonds is 7. The van der Waals surface area contributed by atoms with Crippen LogP contribution in [0.2, 0.25) is 0 Å². The Morgan fingerprint density at radius 2 is 1.87 bits per heavy atom. The van der Waals surface area contributed by atoms with Gasteiger partial charge in [0.2, 0.25) is 5.91 Å². The average molecular weight is 550 g/mol. The van der Waals surface area contributed by atoms with Crippen molar-refractivity contribution in [2.45, 2.75) is 31.6 Å². The molecule has 2 N–H and O–H groups in total. The molecule has 2 aromatic carbocycles. The van der Waals surface area contributed by atoms with Crippen LogP contribution in [0, 0.1) is 6.92 Å². The first-order chi connectivity index (χ1) is 18.7. The highest BCUT2D eigenvalue weighted by atomic mass is 32.1. The second kappa shape index (κ2) is 10.9. The number of alkyl halides is 3. The molecule has 10 heteroatoms. The predicted octanol–water partition coefficient (Wildman–Crippen LogP) is 6.20. The molecule has 200 valence electrons. The Bertz CT molecular complexity index is 1490. The molecule has 0 spiro atoms. The van der Waals surface area contributed by atoms with E-state index in [0.717, 1.165) is 29.1 Å². The molecular formula is C29H26F3N5OS. The van der Waals surface area contributed by atoms with E-state index in [1.54, 1.807) is 29.1 Å². The second-order valence-electron chi connectivity index (χ2n) is 9.34. The van der Waals surface area contributed by atoms with Crippen molar-refractivity contribution < 1.29 is 18.0 Å². The van der Waals surface area contributed by atoms with Crippen molar-refractivity contribution in [1.29, 1.82) is 0 Å². The molecule has 3 heterocycles. The van der Waals surface area contributed by atoms with Gasteiger partial charge in [-0.3, -0.25) is 9.78 Å². The number of halogens is 3. The summed E-state index contributed by atoms with van der Waals surface area (Å²) in [6.07, 6.45) is -0.899. The Kier molecular flexibility index (Phi) is 7.38. The lowest BCUT2D eigenvalue weighted by Crippen LogP contribution is -2.33. The zero-order valence-corrected chi connectivity index (χ0v) is 21.8. The minimum Gasteiger partial charge on any atom is -0.352 e. The van der Waals surface area contributed by atoms with Gasteiger partial charge in [0.05, 0.1) is 23.3 Å². The summed E-state index contributed by atoms with van der Waals surface area (Å²) in [6, 6.07) is 21.1. The summed E-state index contributed by atoms with van der Waals surface area (Å²) >= 11 is 5.69. The minimum absolute atomic E-state index is 0.158. The van der Waals surface area contributed by atoms with Gasteiger partial charge in [-0.25, -0.2) is 0 Å². The molecule has 5 rings (SSSR count). The van der Waals surface area contributed by atoms with Crippen LogP contribution in [0.3, 0.4) is 0 Å². The van der Waals surface area contributed by atoms with Crippen LogP contribution in [0.1, 0.15) is 41.0 Å². The summed E-state index contributed by atoms with van der Waals surface area (Å²) in [4.78, 5) is 19.2. The van der Waals surface area contributed by atoms with Gasteiger partial charge in [0, 0.05) is 42.4 Å². The first-order valence-electron chi connectivity index (χ1n) is 12.4. The van der Waals surface area contributed by atoms with E-state index in [4.69, 9.17) is 12.2 Å². The number of benzene rings is 2. The lowest BCUT2D eigenvalue weighted by atomic mass is 10.0. The summed E-state index contributed by atoms with van der Waals surface area (Å²) < 4.78 is 42.1. The Balaban J connectivity index is 1.46. The predicted molar refractivity (Wildman–Crippen MR) is 147 cm³/mol. The maximum Gasteiger partial charge on any atom is 0.416 e. The summed E-state index contributed by atoms with van der Waals surface area (Å²) in [5.74, 6) is -0.170. The Hall–Kier alpha value is -4.18. The molecule has 1 aliphatic rings. The highest BCUT2D eigenvalue weighted by molar-refractivity contribution is 7.80. The van der Waals surface area contributed by atoms with E-state index in [-0.39, 0.29) is 18.4 Å². The molecule has 0 bridgehead atoms. The van der Waals surface area contributed by atoms with Crippen molar-refractivity contribution in [1.82, 2.24) is 19.8 Å². The van der Waals surface area contributed by atoms with E-state index < -0.39 is 17.8 Å². The Labute approximate surface area is 229 Å². The van der Waals surface area contributed by atoms with Crippen molar-refractivity contribution in [3.63, 3.8) is 0 Å². The molecule has 1 saturated heterocycles. The molecule has 0 radical (unpaired) electrons. The molecule has 6 nitrogen and oxygen atoms in total. The number of nitrogens with one attached hydrogen (secondary N) is 2. The van der Waals surface area contributed by atoms with Gasteiger partial charge >= 0.3 is 6.18 Å². The highest BCUT2D eigenvalue weighted by Gasteiger charge is 2.41. The molecule has 39 heavy (non-hydrogen) atoms. The Morgan fingerprint density at radius 3 is 2.62 bits per heavy atom. The number of aryl methyl sites for hydroxylation is 1. The number of carbonyl (C=O) groups excluding carboxylic acids is 1. The van der Waals surface area contributed by atoms with Gasteiger partial charge in [0.15, 0.2) is 5.11 Å². The molecular weight excluding hydrogens is 523 g/mol. The largest absolute Gasteiger partial charge is 0.416 e. The summed E-state index contributed by atoms with van der Waals surface area (Å²) in [7, 11) is 0. The van der Waals surface area contributed by atoms with Gasteiger partial charge in [0.1, 0.15) is 0 Å². The molecule has 4 aromatic rings. The normalized spacial score (nSPS) is 17.2. The molecule has 0 unspecified atom stereocenters. The molecule has 2 atom stereocenters. The lowest BCUT2D eigenvalue weighted by Gasteiger charge is -2.29. The third-order valence-electron chi connectivity index (χ3n) is 6.61. The number of anilines is 1. The molecule has 0 saturated carbocycles. The van der Waals surface area contributed by atoms with Crippen LogP contribution in [0.4, 0.5) is 18.9 Å². The van der Waals surface area contributed by atoms with Crippen molar-refractivity contribution in [2.75, 3.05) is 11.9 Å². The number of carbonyl (C=O) groups is 1. The fourth-order valence-electron chi connectivity index (χ4n) is 4.84. The van der Waals surface area contributed by atoms with E-state index in [1.807, 2.05) is 60.4 Å². The summed E-state index contributed by atoms with van der Waals surface area (Å²) in [5, 5.41) is 6.68. The molecule has 1 aliphatic heterocycles. The highest BCUT2D eigenvalue weighted by Crippen LogP contribution is 2.40. The molecule has 1 amide bonds. The van der Waals surface area contributed by atoms with E-state index in [2.05, 4.69) is 15.6 Å². The quantitative estimate of drug-likeness (QED) is 0.269. The summed E-state index contributed by atoms with van der Waals surface area (Å²) in [5.41, 5.74) is 2.84. The van der Waals surface area contributed by atoms with E-state index in [0.29, 0.717) is 23.0 Å². The van der Waals surface area contributed by atoms with Crippen molar-refractivity contribution in [3.05, 3.63) is 114 Å². The van der Waals surface area contributed by atoms with Gasteiger partial charge in [-0.15, -0.1) is 0 Å². The van der Waals surface area contributed by atoms with Gasteiger partial charge in [0.25, 0.3) is 0 Å². The van der Waals surface area contributed by atoms with Crippen LogP contribution in [0.15, 0.2) is 91.3 Å². The number of thiocarbonyl (C=S) groups is 1. The van der Waals surface area contributed by atoms with Gasteiger partial charge < -0.3 is 20.1 Å². The first-order valence-corrected chi connectivity index (χ1v) is 12.8. The third kappa shape index (κ3) is 5.80. The third-order valence-corrected chi connectivity index (χ3v) is 6.97. The Morgan fingerprint density at radius 1 is 1.05 bits per heavy atom. The standard InChI is InChI=1S/C29H26F3N5OS/c1-19-7-4-9-21(17-19)34-25(38)13-16-37-27(26(35-28(37)39)23-11-2-3-14-33-23)24-12-6-15-36(24)22-10-5-8-20(18-22)29(30,31)32/h2-12,14-15,17-18,26-27H,13,16H2,1H3,(H,34,38)(H,35,39)/t26-,27-/m0/s1. The zero-order chi connectivity index (χ0) is 27.6. The van der Waals surface area contributed by atoms with Crippen LogP contribution < -0.4 is 10.6 Å². The fraction of sp³-hybridized carbons (Fsp3) is 0.207. The SMILES string of the molecule is Cc1cccc(NC(=O)CCN2C(=S)N[C@@H](c3ccccn3)[C@@H]2c2cccn2-c2cccc(C(F)(F)F)c2)c1. The zero-order valence-electron chi connectivity index (χ0n) is 21.0. The number of hydrogen-bond donors (Lipinski definition) is 2. The number of pyridine rings is 1. The van der Waals surface area contributed by atoms with Gasteiger partial charge in [-0.1, -0.05) is 24.3 Å². The van der Waals surface area contributed by atoms with E-state index in [9.17, 15) is 18.0 Å². The summed E-state index contributed by atoms with van der Waals surface area (Å²) in [6.45, 7) is 2.25. The maximum absolute atomic E-state index is 13.5. The van der Waals surface area contributed by atoms with Gasteiger partial charge in [-0.05, 0) is 79.3 Å². The van der Waals surface area contributed by atoms with Crippen LogP contribution in [0.25, 0.3) is 5.69 Å². The number of nitrogens with zero attached hydrogens (tertiary/aromatic N) is 3. The lowest BCUT2D eigenvalue weighted by molar-refractivity contribution is -0.137. The van der Waals surface area contributed by atoms with Crippen molar-refractivity contribution in [2.24, 2.45) is 0 Å². The van der Waals surface area contributed by atoms with Gasteiger partial charge in [-0.2, -0.15) is 13.2 Å². The van der Waals surface area contributed by atoms with Crippen LogP contribution in [0.5, 0.6) is 0 Å². The topological polar surface area (TPSA) is 62.2 Å². The molecule has 0 aliphatic carbocycles. The van der Waals surface area contributed by atoms with Crippen molar-refractivity contribution in [3.8, 4) is 5.69 Å². The number of amides is 1. The maximum atomic E-state index is 13.5. The van der Waals surface area contributed by atoms with Crippen molar-refractivity contribution >= 4 is 28.9 Å². The van der Waals surface area contributed by atoms with E-state index >= 15 is 0 Å². The smallest absolute Gasteiger partial charge is 0.352 e. The number of aromatic nitrogens is 2. The van der Waals surface area contributed by atoms with E-state index in [1.165, 1.54) is 6.07 Å².